The maximum Gasteiger partial charge on any atom is 0.250 e. The molecule has 0 aliphatic carbocycles. The molecule has 2 N–H and O–H groups in total. The Balaban J connectivity index is 1.56. The lowest BCUT2D eigenvalue weighted by molar-refractivity contribution is -0.124. The van der Waals surface area contributed by atoms with Crippen LogP contribution >= 0.6 is 11.6 Å². The lowest BCUT2D eigenvalue weighted by Crippen LogP contribution is -2.46. The van der Waals surface area contributed by atoms with Gasteiger partial charge >= 0.3 is 0 Å². The fourth-order valence-electron chi connectivity index (χ4n) is 3.57. The summed E-state index contributed by atoms with van der Waals surface area (Å²) in [6.45, 7) is 2.59. The van der Waals surface area contributed by atoms with Crippen LogP contribution in [0.2, 0.25) is 5.02 Å². The molecule has 0 unspecified atom stereocenters. The first-order chi connectivity index (χ1) is 13.3. The largest absolute Gasteiger partial charge is 0.372 e. The van der Waals surface area contributed by atoms with Gasteiger partial charge in [0.1, 0.15) is 5.82 Å². The van der Waals surface area contributed by atoms with Crippen LogP contribution in [0.4, 0.5) is 13.2 Å². The van der Waals surface area contributed by atoms with Crippen LogP contribution in [0.15, 0.2) is 18.2 Å². The highest BCUT2D eigenvalue weighted by Crippen LogP contribution is 2.30. The van der Waals surface area contributed by atoms with Crippen molar-refractivity contribution in [1.82, 2.24) is 15.5 Å². The monoisotopic (exact) mass is 419 g/mol. The van der Waals surface area contributed by atoms with Crippen molar-refractivity contribution in [2.24, 2.45) is 5.92 Å². The number of benzene rings is 1. The molecule has 0 bridgehead atoms. The number of carbonyl (C=O) groups excluding carboxylic acids is 1. The Morgan fingerprint density at radius 1 is 1.36 bits per heavy atom. The summed E-state index contributed by atoms with van der Waals surface area (Å²) in [5, 5.41) is 6.16. The summed E-state index contributed by atoms with van der Waals surface area (Å²) in [7, 11) is 0. The third-order valence-electron chi connectivity index (χ3n) is 5.20. The van der Waals surface area contributed by atoms with E-state index in [1.165, 1.54) is 12.1 Å². The van der Waals surface area contributed by atoms with Crippen LogP contribution in [0.5, 0.6) is 0 Å². The number of halogens is 4. The predicted octanol–water partition coefficient (Wildman–Crippen LogP) is 2.60. The van der Waals surface area contributed by atoms with Gasteiger partial charge in [0.2, 0.25) is 5.91 Å². The van der Waals surface area contributed by atoms with E-state index in [1.54, 1.807) is 11.0 Å². The molecule has 2 saturated heterocycles. The summed E-state index contributed by atoms with van der Waals surface area (Å²) in [6, 6.07) is 4.58. The smallest absolute Gasteiger partial charge is 0.250 e. The highest BCUT2D eigenvalue weighted by Gasteiger charge is 2.34. The van der Waals surface area contributed by atoms with E-state index >= 15 is 0 Å². The summed E-state index contributed by atoms with van der Waals surface area (Å²) in [5.41, 5.74) is 0.670. The van der Waals surface area contributed by atoms with Crippen molar-refractivity contribution < 1.29 is 22.7 Å². The SMILES string of the molecule is O=C(CN1CCC(F)(F)CC1)NC[C@@H]1CNCCO[C@H]1c1ccc(Cl)c(F)c1. The lowest BCUT2D eigenvalue weighted by atomic mass is 9.95. The number of amides is 1. The van der Waals surface area contributed by atoms with E-state index < -0.39 is 11.7 Å². The molecule has 2 aliphatic heterocycles. The van der Waals surface area contributed by atoms with E-state index in [2.05, 4.69) is 10.6 Å². The normalized spacial score (nSPS) is 25.9. The fourth-order valence-corrected chi connectivity index (χ4v) is 3.69. The second-order valence-electron chi connectivity index (χ2n) is 7.37. The number of rotatable bonds is 5. The van der Waals surface area contributed by atoms with Crippen LogP contribution in [0, 0.1) is 11.7 Å². The van der Waals surface area contributed by atoms with Crippen LogP contribution in [0.1, 0.15) is 24.5 Å². The molecule has 1 aromatic rings. The molecule has 0 spiro atoms. The zero-order valence-corrected chi connectivity index (χ0v) is 16.3. The molecule has 5 nitrogen and oxygen atoms in total. The molecule has 3 rings (SSSR count). The molecule has 2 aliphatic rings. The van der Waals surface area contributed by atoms with Gasteiger partial charge in [0.15, 0.2) is 0 Å². The summed E-state index contributed by atoms with van der Waals surface area (Å²) in [5.74, 6) is -3.45. The number of hydrogen-bond acceptors (Lipinski definition) is 4. The lowest BCUT2D eigenvalue weighted by Gasteiger charge is -2.31. The van der Waals surface area contributed by atoms with Crippen molar-refractivity contribution in [3.8, 4) is 0 Å². The van der Waals surface area contributed by atoms with Crippen molar-refractivity contribution in [2.75, 3.05) is 45.9 Å². The van der Waals surface area contributed by atoms with Crippen molar-refractivity contribution in [3.05, 3.63) is 34.6 Å². The van der Waals surface area contributed by atoms with Gasteiger partial charge < -0.3 is 15.4 Å². The molecule has 156 valence electrons. The highest BCUT2D eigenvalue weighted by molar-refractivity contribution is 6.30. The van der Waals surface area contributed by atoms with Crippen molar-refractivity contribution in [1.29, 1.82) is 0 Å². The molecule has 0 aromatic heterocycles. The standard InChI is InChI=1S/C19H25ClF3N3O2/c20-15-2-1-13(9-16(15)21)18-14(10-24-5-8-28-18)11-25-17(27)12-26-6-3-19(22,23)4-7-26/h1-2,9,14,18,24H,3-8,10-12H2,(H,25,27)/t14-,18-/m0/s1. The number of likely N-dealkylation sites (tertiary alicyclic amines) is 1. The number of nitrogens with zero attached hydrogens (tertiary/aromatic N) is 1. The van der Waals surface area contributed by atoms with Gasteiger partial charge in [0.05, 0.1) is 24.3 Å². The van der Waals surface area contributed by atoms with Gasteiger partial charge in [-0.15, -0.1) is 0 Å². The fraction of sp³-hybridized carbons (Fsp3) is 0.632. The Labute approximate surface area is 167 Å². The van der Waals surface area contributed by atoms with E-state index in [0.29, 0.717) is 31.8 Å². The molecule has 1 amide bonds. The Morgan fingerprint density at radius 3 is 2.82 bits per heavy atom. The summed E-state index contributed by atoms with van der Waals surface area (Å²) in [6.07, 6.45) is -0.814. The van der Waals surface area contributed by atoms with Gasteiger partial charge in [0, 0.05) is 51.5 Å². The average molecular weight is 420 g/mol. The topological polar surface area (TPSA) is 53.6 Å². The second-order valence-corrected chi connectivity index (χ2v) is 7.77. The maximum absolute atomic E-state index is 13.9. The molecular formula is C19H25ClF3N3O2. The molecule has 28 heavy (non-hydrogen) atoms. The minimum atomic E-state index is -2.63. The molecular weight excluding hydrogens is 395 g/mol. The quantitative estimate of drug-likeness (QED) is 0.770. The van der Waals surface area contributed by atoms with Crippen molar-refractivity contribution in [2.45, 2.75) is 24.9 Å². The van der Waals surface area contributed by atoms with E-state index in [1.807, 2.05) is 0 Å². The molecule has 9 heteroatoms. The number of nitrogens with one attached hydrogen (secondary N) is 2. The van der Waals surface area contributed by atoms with Crippen molar-refractivity contribution >= 4 is 17.5 Å². The zero-order valence-electron chi connectivity index (χ0n) is 15.5. The van der Waals surface area contributed by atoms with Crippen LogP contribution in [0.3, 0.4) is 0 Å². The predicted molar refractivity (Wildman–Crippen MR) is 100 cm³/mol. The zero-order chi connectivity index (χ0) is 20.1. The Morgan fingerprint density at radius 2 is 2.11 bits per heavy atom. The minimum Gasteiger partial charge on any atom is -0.372 e. The van der Waals surface area contributed by atoms with Gasteiger partial charge in [0.25, 0.3) is 5.92 Å². The maximum atomic E-state index is 13.9. The van der Waals surface area contributed by atoms with Crippen molar-refractivity contribution in [3.63, 3.8) is 0 Å². The first-order valence-electron chi connectivity index (χ1n) is 9.48. The van der Waals surface area contributed by atoms with Gasteiger partial charge in [-0.2, -0.15) is 0 Å². The van der Waals surface area contributed by atoms with Crippen LogP contribution < -0.4 is 10.6 Å². The third-order valence-corrected chi connectivity index (χ3v) is 5.51. The molecule has 1 aromatic carbocycles. The molecule has 0 radical (unpaired) electrons. The third kappa shape index (κ3) is 5.83. The van der Waals surface area contributed by atoms with E-state index in [-0.39, 0.29) is 55.4 Å². The number of ether oxygens (including phenoxy) is 1. The summed E-state index contributed by atoms with van der Waals surface area (Å²) >= 11 is 5.76. The van der Waals surface area contributed by atoms with E-state index in [0.717, 1.165) is 0 Å². The van der Waals surface area contributed by atoms with Gasteiger partial charge in [-0.3, -0.25) is 9.69 Å². The molecule has 2 heterocycles. The van der Waals surface area contributed by atoms with Crippen LogP contribution in [0.25, 0.3) is 0 Å². The molecule has 2 atom stereocenters. The Hall–Kier alpha value is -1.35. The number of carbonyl (C=O) groups is 1. The number of hydrogen-bond donors (Lipinski definition) is 2. The highest BCUT2D eigenvalue weighted by atomic mass is 35.5. The average Bonchev–Trinajstić information content (AvgIpc) is 2.89. The molecule has 2 fully saturated rings. The molecule has 0 saturated carbocycles. The first-order valence-corrected chi connectivity index (χ1v) is 9.86. The Kier molecular flexibility index (Phi) is 7.20. The van der Waals surface area contributed by atoms with Crippen LogP contribution in [-0.4, -0.2) is 62.6 Å². The number of piperidine rings is 1. The van der Waals surface area contributed by atoms with Crippen LogP contribution in [-0.2, 0) is 9.53 Å². The van der Waals surface area contributed by atoms with Gasteiger partial charge in [-0.05, 0) is 17.7 Å². The van der Waals surface area contributed by atoms with E-state index in [4.69, 9.17) is 16.3 Å². The summed E-state index contributed by atoms with van der Waals surface area (Å²) in [4.78, 5) is 14.0. The minimum absolute atomic E-state index is 0.0486. The van der Waals surface area contributed by atoms with Gasteiger partial charge in [-0.25, -0.2) is 13.2 Å². The van der Waals surface area contributed by atoms with E-state index in [9.17, 15) is 18.0 Å². The first kappa shape index (κ1) is 21.4. The summed E-state index contributed by atoms with van der Waals surface area (Å²) < 4.78 is 46.2. The Bertz CT molecular complexity index is 682. The van der Waals surface area contributed by atoms with Gasteiger partial charge in [-0.1, -0.05) is 17.7 Å². The number of alkyl halides is 2. The second kappa shape index (κ2) is 9.43.